The number of carbonyl (C=O) groups is 2. The third-order valence-electron chi connectivity index (χ3n) is 3.47. The van der Waals surface area contributed by atoms with Gasteiger partial charge in [-0.3, -0.25) is 25.0 Å². The van der Waals surface area contributed by atoms with Gasteiger partial charge in [0.1, 0.15) is 5.69 Å². The molecule has 0 radical (unpaired) electrons. The Hall–Kier alpha value is -3.73. The Bertz CT molecular complexity index is 964. The zero-order chi connectivity index (χ0) is 20.8. The van der Waals surface area contributed by atoms with Gasteiger partial charge in [-0.1, -0.05) is 11.6 Å². The van der Waals surface area contributed by atoms with Crippen molar-refractivity contribution in [2.75, 3.05) is 24.3 Å². The summed E-state index contributed by atoms with van der Waals surface area (Å²) in [4.78, 5) is 44.3. The van der Waals surface area contributed by atoms with E-state index in [9.17, 15) is 29.8 Å². The summed E-state index contributed by atoms with van der Waals surface area (Å²) >= 11 is 5.86. The van der Waals surface area contributed by atoms with E-state index in [-0.39, 0.29) is 33.3 Å². The van der Waals surface area contributed by atoms with E-state index in [0.717, 1.165) is 18.2 Å². The third-order valence-corrected chi connectivity index (χ3v) is 3.78. The summed E-state index contributed by atoms with van der Waals surface area (Å²) in [5.41, 5.74) is -0.360. The number of nitrogens with one attached hydrogen (secondary N) is 2. The molecule has 0 heterocycles. The van der Waals surface area contributed by atoms with Gasteiger partial charge in [0, 0.05) is 25.2 Å². The SMILES string of the molecule is CNc1ccc(C(=O)OCC(=O)Nc2ccc([N+](=O)[O-])cc2Cl)cc1[N+](=O)[O-]. The first-order valence-corrected chi connectivity index (χ1v) is 7.98. The number of carbonyl (C=O) groups excluding carboxylic acids is 2. The second-order valence-electron chi connectivity index (χ2n) is 5.28. The summed E-state index contributed by atoms with van der Waals surface area (Å²) < 4.78 is 4.83. The molecule has 2 aromatic carbocycles. The summed E-state index contributed by atoms with van der Waals surface area (Å²) in [7, 11) is 1.49. The van der Waals surface area contributed by atoms with Crippen LogP contribution in [-0.4, -0.2) is 35.4 Å². The number of anilines is 2. The molecule has 0 atom stereocenters. The molecule has 0 saturated carbocycles. The lowest BCUT2D eigenvalue weighted by molar-refractivity contribution is -0.384. The molecule has 0 unspecified atom stereocenters. The lowest BCUT2D eigenvalue weighted by Gasteiger charge is -2.08. The first kappa shape index (κ1) is 20.6. The minimum absolute atomic E-state index is 0.0628. The van der Waals surface area contributed by atoms with Crippen molar-refractivity contribution in [1.29, 1.82) is 0 Å². The molecule has 11 nitrogen and oxygen atoms in total. The maximum Gasteiger partial charge on any atom is 0.338 e. The molecule has 0 saturated heterocycles. The van der Waals surface area contributed by atoms with Crippen molar-refractivity contribution in [3.05, 3.63) is 67.2 Å². The molecule has 0 aliphatic carbocycles. The minimum Gasteiger partial charge on any atom is -0.452 e. The van der Waals surface area contributed by atoms with Crippen molar-refractivity contribution < 1.29 is 24.2 Å². The monoisotopic (exact) mass is 408 g/mol. The largest absolute Gasteiger partial charge is 0.452 e. The minimum atomic E-state index is -0.935. The number of nitro groups is 2. The van der Waals surface area contributed by atoms with Gasteiger partial charge < -0.3 is 15.4 Å². The van der Waals surface area contributed by atoms with Crippen LogP contribution in [0.2, 0.25) is 5.02 Å². The number of esters is 1. The van der Waals surface area contributed by atoms with Gasteiger partial charge in [-0.2, -0.15) is 0 Å². The highest BCUT2D eigenvalue weighted by Crippen LogP contribution is 2.27. The third kappa shape index (κ3) is 4.92. The number of ether oxygens (including phenoxy) is 1. The maximum absolute atomic E-state index is 12.0. The van der Waals surface area contributed by atoms with Gasteiger partial charge in [-0.05, 0) is 18.2 Å². The predicted molar refractivity (Wildman–Crippen MR) is 99.7 cm³/mol. The van der Waals surface area contributed by atoms with Gasteiger partial charge >= 0.3 is 5.97 Å². The van der Waals surface area contributed by atoms with Crippen molar-refractivity contribution in [2.24, 2.45) is 0 Å². The summed E-state index contributed by atoms with van der Waals surface area (Å²) in [6.45, 7) is -0.687. The molecule has 0 aliphatic rings. The number of benzene rings is 2. The van der Waals surface area contributed by atoms with Gasteiger partial charge in [-0.15, -0.1) is 0 Å². The van der Waals surface area contributed by atoms with Crippen LogP contribution in [-0.2, 0) is 9.53 Å². The van der Waals surface area contributed by atoms with Crippen LogP contribution in [0.4, 0.5) is 22.7 Å². The Morgan fingerprint density at radius 1 is 1.07 bits per heavy atom. The summed E-state index contributed by atoms with van der Waals surface area (Å²) in [6, 6.07) is 7.12. The number of nitro benzene ring substituents is 2. The Balaban J connectivity index is 2.01. The average molecular weight is 409 g/mol. The Labute approximate surface area is 162 Å². The molecule has 28 heavy (non-hydrogen) atoms. The smallest absolute Gasteiger partial charge is 0.338 e. The van der Waals surface area contributed by atoms with Crippen LogP contribution in [0.15, 0.2) is 36.4 Å². The van der Waals surface area contributed by atoms with Crippen molar-refractivity contribution in [2.45, 2.75) is 0 Å². The van der Waals surface area contributed by atoms with Crippen LogP contribution >= 0.6 is 11.6 Å². The quantitative estimate of drug-likeness (QED) is 0.402. The highest BCUT2D eigenvalue weighted by atomic mass is 35.5. The zero-order valence-electron chi connectivity index (χ0n) is 14.3. The zero-order valence-corrected chi connectivity index (χ0v) is 15.1. The van der Waals surface area contributed by atoms with Gasteiger partial charge in [0.05, 0.1) is 26.1 Å². The number of non-ortho nitro benzene ring substituents is 1. The fourth-order valence-electron chi connectivity index (χ4n) is 2.14. The van der Waals surface area contributed by atoms with Gasteiger partial charge in [0.2, 0.25) is 0 Å². The second kappa shape index (κ2) is 8.77. The van der Waals surface area contributed by atoms with Gasteiger partial charge in [0.25, 0.3) is 17.3 Å². The van der Waals surface area contributed by atoms with Crippen LogP contribution in [0.1, 0.15) is 10.4 Å². The van der Waals surface area contributed by atoms with E-state index in [4.69, 9.17) is 16.3 Å². The van der Waals surface area contributed by atoms with Crippen molar-refractivity contribution in [3.8, 4) is 0 Å². The highest BCUT2D eigenvalue weighted by molar-refractivity contribution is 6.34. The van der Waals surface area contributed by atoms with Crippen molar-refractivity contribution in [3.63, 3.8) is 0 Å². The van der Waals surface area contributed by atoms with E-state index in [1.807, 2.05) is 0 Å². The van der Waals surface area contributed by atoms with Crippen LogP contribution < -0.4 is 10.6 Å². The molecule has 0 aromatic heterocycles. The Kier molecular flexibility index (Phi) is 6.45. The summed E-state index contributed by atoms with van der Waals surface area (Å²) in [6.07, 6.45) is 0. The number of amides is 1. The Morgan fingerprint density at radius 2 is 1.75 bits per heavy atom. The predicted octanol–water partition coefficient (Wildman–Crippen LogP) is 2.99. The van der Waals surface area contributed by atoms with Crippen LogP contribution in [0.25, 0.3) is 0 Å². The standard InChI is InChI=1S/C16H13ClN4O7/c1-18-13-4-2-9(6-14(13)21(26)27)16(23)28-8-15(22)19-12-5-3-10(20(24)25)7-11(12)17/h2-7,18H,8H2,1H3,(H,19,22). The molecule has 1 amide bonds. The van der Waals surface area contributed by atoms with E-state index in [1.54, 1.807) is 0 Å². The van der Waals surface area contributed by atoms with Crippen LogP contribution in [0.3, 0.4) is 0 Å². The molecule has 2 N–H and O–H groups in total. The normalized spacial score (nSPS) is 10.1. The molecule has 12 heteroatoms. The van der Waals surface area contributed by atoms with E-state index >= 15 is 0 Å². The first-order valence-electron chi connectivity index (χ1n) is 7.60. The van der Waals surface area contributed by atoms with Crippen molar-refractivity contribution >= 4 is 46.2 Å². The van der Waals surface area contributed by atoms with E-state index in [1.165, 1.54) is 25.2 Å². The molecule has 146 valence electrons. The van der Waals surface area contributed by atoms with Crippen LogP contribution in [0.5, 0.6) is 0 Å². The molecule has 0 spiro atoms. The fraction of sp³-hybridized carbons (Fsp3) is 0.125. The average Bonchev–Trinajstić information content (AvgIpc) is 2.66. The number of rotatable bonds is 7. The molecular formula is C16H13ClN4O7. The lowest BCUT2D eigenvalue weighted by atomic mass is 10.1. The van der Waals surface area contributed by atoms with Crippen LogP contribution in [0, 0.1) is 20.2 Å². The number of nitrogens with zero attached hydrogens (tertiary/aromatic N) is 2. The van der Waals surface area contributed by atoms with Gasteiger partial charge in [-0.25, -0.2) is 4.79 Å². The number of halogens is 1. The van der Waals surface area contributed by atoms with E-state index < -0.39 is 28.3 Å². The summed E-state index contributed by atoms with van der Waals surface area (Å²) in [5, 5.41) is 26.6. The molecule has 0 bridgehead atoms. The van der Waals surface area contributed by atoms with Crippen molar-refractivity contribution in [1.82, 2.24) is 0 Å². The first-order chi connectivity index (χ1) is 13.2. The van der Waals surface area contributed by atoms with Gasteiger partial charge in [0.15, 0.2) is 6.61 Å². The molecule has 2 aromatic rings. The molecule has 0 fully saturated rings. The topological polar surface area (TPSA) is 154 Å². The van der Waals surface area contributed by atoms with E-state index in [0.29, 0.717) is 0 Å². The molecular weight excluding hydrogens is 396 g/mol. The molecule has 2 rings (SSSR count). The maximum atomic E-state index is 12.0. The lowest BCUT2D eigenvalue weighted by Crippen LogP contribution is -2.21. The fourth-order valence-corrected chi connectivity index (χ4v) is 2.36. The summed E-state index contributed by atoms with van der Waals surface area (Å²) in [5.74, 6) is -1.68. The number of hydrogen-bond donors (Lipinski definition) is 2. The second-order valence-corrected chi connectivity index (χ2v) is 5.69. The highest BCUT2D eigenvalue weighted by Gasteiger charge is 2.19. The molecule has 0 aliphatic heterocycles. The number of hydrogen-bond acceptors (Lipinski definition) is 8. The van der Waals surface area contributed by atoms with E-state index in [2.05, 4.69) is 10.6 Å². The Morgan fingerprint density at radius 3 is 2.32 bits per heavy atom.